The molecule has 0 radical (unpaired) electrons. The Labute approximate surface area is 328 Å². The molecule has 9 aromatic carbocycles. The summed E-state index contributed by atoms with van der Waals surface area (Å²) in [5.74, 6) is 0. The highest BCUT2D eigenvalue weighted by atomic mass is 16.3. The van der Waals surface area contributed by atoms with E-state index in [0.717, 1.165) is 44.3 Å². The Balaban J connectivity index is 1.07. The first kappa shape index (κ1) is 31.7. The number of para-hydroxylation sites is 3. The van der Waals surface area contributed by atoms with E-state index >= 15 is 0 Å². The summed E-state index contributed by atoms with van der Waals surface area (Å²) in [5, 5.41) is 7.15. The van der Waals surface area contributed by atoms with E-state index in [1.54, 1.807) is 0 Å². The average Bonchev–Trinajstić information content (AvgIpc) is 3.94. The van der Waals surface area contributed by atoms with Gasteiger partial charge in [-0.3, -0.25) is 0 Å². The van der Waals surface area contributed by atoms with E-state index in [9.17, 15) is 0 Å². The number of furan rings is 1. The predicted molar refractivity (Wildman–Crippen MR) is 239 cm³/mol. The molecule has 12 rings (SSSR count). The Morgan fingerprint density at radius 3 is 1.67 bits per heavy atom. The van der Waals surface area contributed by atoms with Crippen LogP contribution in [0.4, 0.5) is 0 Å². The number of aromatic nitrogens is 2. The molecule has 0 aliphatic carbocycles. The van der Waals surface area contributed by atoms with Crippen molar-refractivity contribution < 1.29 is 4.42 Å². The molecular weight excluding hydrogens is 693 g/mol. The van der Waals surface area contributed by atoms with Gasteiger partial charge in [-0.1, -0.05) is 146 Å². The van der Waals surface area contributed by atoms with E-state index in [1.807, 2.05) is 6.07 Å². The average molecular weight is 727 g/mol. The van der Waals surface area contributed by atoms with Gasteiger partial charge >= 0.3 is 0 Å². The second-order valence-electron chi connectivity index (χ2n) is 14.9. The summed E-state index contributed by atoms with van der Waals surface area (Å²) < 4.78 is 11.4. The van der Waals surface area contributed by atoms with Crippen LogP contribution in [0.25, 0.3) is 110 Å². The van der Waals surface area contributed by atoms with Crippen LogP contribution in [0.5, 0.6) is 0 Å². The standard InChI is InChI=1S/C54H34N2O/c1-3-13-35(14-4-1)36-25-29-40(30-26-36)55-47-21-9-7-17-42(47)45-33-38(27-31-48(45)55)39-28-32-49-46(34-39)53-41(37-15-5-2-6-16-37)19-11-22-50(53)56(49)51-23-12-20-44-43-18-8-10-24-52(43)57-54(44)51/h1-34H. The van der Waals surface area contributed by atoms with Gasteiger partial charge in [0.05, 0.1) is 27.8 Å². The number of nitrogens with zero attached hydrogens (tertiary/aromatic N) is 2. The van der Waals surface area contributed by atoms with Crippen molar-refractivity contribution >= 4 is 65.6 Å². The lowest BCUT2D eigenvalue weighted by molar-refractivity contribution is 0.666. The molecule has 12 aromatic rings. The van der Waals surface area contributed by atoms with Gasteiger partial charge in [0, 0.05) is 38.0 Å². The smallest absolute Gasteiger partial charge is 0.159 e. The van der Waals surface area contributed by atoms with Gasteiger partial charge in [-0.2, -0.15) is 0 Å². The molecule has 0 fully saturated rings. The van der Waals surface area contributed by atoms with Crippen LogP contribution in [0, 0.1) is 0 Å². The zero-order valence-corrected chi connectivity index (χ0v) is 30.9. The highest BCUT2D eigenvalue weighted by Gasteiger charge is 2.21. The number of fused-ring (bicyclic) bond motifs is 9. The lowest BCUT2D eigenvalue weighted by atomic mass is 9.97. The van der Waals surface area contributed by atoms with Crippen molar-refractivity contribution in [2.75, 3.05) is 0 Å². The minimum atomic E-state index is 0.892. The fourth-order valence-corrected chi connectivity index (χ4v) is 9.14. The summed E-state index contributed by atoms with van der Waals surface area (Å²) in [7, 11) is 0. The summed E-state index contributed by atoms with van der Waals surface area (Å²) in [5.41, 5.74) is 15.8. The number of benzene rings is 9. The van der Waals surface area contributed by atoms with E-state index < -0.39 is 0 Å². The van der Waals surface area contributed by atoms with Crippen molar-refractivity contribution in [1.82, 2.24) is 9.13 Å². The molecule has 3 heterocycles. The predicted octanol–water partition coefficient (Wildman–Crippen LogP) is 14.8. The quantitative estimate of drug-likeness (QED) is 0.173. The second kappa shape index (κ2) is 12.5. The minimum Gasteiger partial charge on any atom is -0.454 e. The molecule has 0 amide bonds. The second-order valence-corrected chi connectivity index (χ2v) is 14.9. The van der Waals surface area contributed by atoms with E-state index in [2.05, 4.69) is 209 Å². The fraction of sp³-hybridized carbons (Fsp3) is 0. The SMILES string of the molecule is c1ccc(-c2ccc(-n3c4ccccc4c4cc(-c5ccc6c(c5)c5c(-c7ccccc7)cccc5n6-c5cccc6c5oc5ccccc56)ccc43)cc2)cc1. The van der Waals surface area contributed by atoms with Gasteiger partial charge in [0.2, 0.25) is 0 Å². The van der Waals surface area contributed by atoms with Crippen LogP contribution in [-0.2, 0) is 0 Å². The van der Waals surface area contributed by atoms with Crippen LogP contribution in [0.1, 0.15) is 0 Å². The Hall–Kier alpha value is -7.62. The van der Waals surface area contributed by atoms with Crippen molar-refractivity contribution in [1.29, 1.82) is 0 Å². The molecule has 57 heavy (non-hydrogen) atoms. The van der Waals surface area contributed by atoms with Crippen molar-refractivity contribution in [3.8, 4) is 44.8 Å². The summed E-state index contributed by atoms with van der Waals surface area (Å²) in [6.07, 6.45) is 0. The molecule has 0 saturated heterocycles. The third-order valence-electron chi connectivity index (χ3n) is 11.7. The fourth-order valence-electron chi connectivity index (χ4n) is 9.14. The maximum absolute atomic E-state index is 6.63. The summed E-state index contributed by atoms with van der Waals surface area (Å²) >= 11 is 0. The van der Waals surface area contributed by atoms with E-state index in [0.29, 0.717) is 0 Å². The zero-order valence-electron chi connectivity index (χ0n) is 30.9. The van der Waals surface area contributed by atoms with Crippen LogP contribution in [0.3, 0.4) is 0 Å². The van der Waals surface area contributed by atoms with Gasteiger partial charge in [-0.15, -0.1) is 0 Å². The van der Waals surface area contributed by atoms with E-state index in [-0.39, 0.29) is 0 Å². The highest BCUT2D eigenvalue weighted by Crippen LogP contribution is 2.43. The first-order valence-corrected chi connectivity index (χ1v) is 19.5. The Morgan fingerprint density at radius 2 is 0.877 bits per heavy atom. The van der Waals surface area contributed by atoms with Gasteiger partial charge in [-0.25, -0.2) is 0 Å². The maximum atomic E-state index is 6.63. The number of hydrogen-bond acceptors (Lipinski definition) is 1. The van der Waals surface area contributed by atoms with Gasteiger partial charge in [-0.05, 0) is 94.0 Å². The summed E-state index contributed by atoms with van der Waals surface area (Å²) in [4.78, 5) is 0. The van der Waals surface area contributed by atoms with Crippen molar-refractivity contribution in [3.05, 3.63) is 206 Å². The lowest BCUT2D eigenvalue weighted by Crippen LogP contribution is -1.94. The molecule has 0 N–H and O–H groups in total. The molecule has 266 valence electrons. The molecule has 0 saturated carbocycles. The van der Waals surface area contributed by atoms with Crippen LogP contribution in [0.2, 0.25) is 0 Å². The molecule has 0 unspecified atom stereocenters. The number of hydrogen-bond donors (Lipinski definition) is 0. The third kappa shape index (κ3) is 4.86. The van der Waals surface area contributed by atoms with Gasteiger partial charge in [0.15, 0.2) is 5.58 Å². The van der Waals surface area contributed by atoms with Crippen molar-refractivity contribution in [2.45, 2.75) is 0 Å². The van der Waals surface area contributed by atoms with Gasteiger partial charge in [0.25, 0.3) is 0 Å². The van der Waals surface area contributed by atoms with Gasteiger partial charge in [0.1, 0.15) is 5.58 Å². The zero-order chi connectivity index (χ0) is 37.5. The van der Waals surface area contributed by atoms with Crippen LogP contribution >= 0.6 is 0 Å². The van der Waals surface area contributed by atoms with Crippen molar-refractivity contribution in [3.63, 3.8) is 0 Å². The lowest BCUT2D eigenvalue weighted by Gasteiger charge is -2.10. The molecule has 3 heteroatoms. The maximum Gasteiger partial charge on any atom is 0.159 e. The topological polar surface area (TPSA) is 23.0 Å². The minimum absolute atomic E-state index is 0.892. The Morgan fingerprint density at radius 1 is 0.316 bits per heavy atom. The largest absolute Gasteiger partial charge is 0.454 e. The normalized spacial score (nSPS) is 11.9. The summed E-state index contributed by atoms with van der Waals surface area (Å²) in [6, 6.07) is 74.4. The van der Waals surface area contributed by atoms with E-state index in [4.69, 9.17) is 4.42 Å². The highest BCUT2D eigenvalue weighted by molar-refractivity contribution is 6.18. The molecule has 0 aliphatic rings. The first-order chi connectivity index (χ1) is 28.3. The van der Waals surface area contributed by atoms with Crippen LogP contribution in [-0.4, -0.2) is 9.13 Å². The summed E-state index contributed by atoms with van der Waals surface area (Å²) in [6.45, 7) is 0. The third-order valence-corrected chi connectivity index (χ3v) is 11.7. The molecule has 0 aliphatic heterocycles. The van der Waals surface area contributed by atoms with Crippen molar-refractivity contribution in [2.24, 2.45) is 0 Å². The number of rotatable bonds is 5. The molecule has 3 nitrogen and oxygen atoms in total. The van der Waals surface area contributed by atoms with Crippen LogP contribution in [0.15, 0.2) is 211 Å². The monoisotopic (exact) mass is 726 g/mol. The van der Waals surface area contributed by atoms with E-state index in [1.165, 1.54) is 66.0 Å². The van der Waals surface area contributed by atoms with Crippen LogP contribution < -0.4 is 0 Å². The first-order valence-electron chi connectivity index (χ1n) is 19.5. The molecule has 0 spiro atoms. The molecular formula is C54H34N2O. The Bertz CT molecular complexity index is 3490. The molecule has 0 bridgehead atoms. The molecule has 3 aromatic heterocycles. The Kier molecular flexibility index (Phi) is 6.93. The van der Waals surface area contributed by atoms with Gasteiger partial charge < -0.3 is 13.6 Å². The molecule has 0 atom stereocenters.